The van der Waals surface area contributed by atoms with Gasteiger partial charge >= 0.3 is 0 Å². The summed E-state index contributed by atoms with van der Waals surface area (Å²) in [5, 5.41) is 0. The molecule has 0 spiro atoms. The Morgan fingerprint density at radius 2 is 2.20 bits per heavy atom. The summed E-state index contributed by atoms with van der Waals surface area (Å²) in [5.74, 6) is 0.877. The van der Waals surface area contributed by atoms with Crippen LogP contribution in [0.4, 0.5) is 0 Å². The maximum Gasteiger partial charge on any atom is -0.00865 e. The van der Waals surface area contributed by atoms with Crippen molar-refractivity contribution in [2.24, 2.45) is 11.3 Å². The Bertz CT molecular complexity index is 135. The summed E-state index contributed by atoms with van der Waals surface area (Å²) in [6, 6.07) is 0. The predicted octanol–water partition coefficient (Wildman–Crippen LogP) is 3.39. The van der Waals surface area contributed by atoms with E-state index >= 15 is 0 Å². The third-order valence-corrected chi connectivity index (χ3v) is 2.90. The lowest BCUT2D eigenvalue weighted by Gasteiger charge is -2.37. The van der Waals surface area contributed by atoms with E-state index < -0.39 is 0 Å². The van der Waals surface area contributed by atoms with E-state index in [-0.39, 0.29) is 0 Å². The molecule has 0 saturated carbocycles. The largest absolute Gasteiger partial charge is 0.0871 e. The van der Waals surface area contributed by atoms with E-state index in [9.17, 15) is 0 Å². The smallest absolute Gasteiger partial charge is 0.00865 e. The van der Waals surface area contributed by atoms with Crippen LogP contribution in [-0.4, -0.2) is 0 Å². The second-order valence-corrected chi connectivity index (χ2v) is 3.80. The summed E-state index contributed by atoms with van der Waals surface area (Å²) in [6.45, 7) is 7.00. The van der Waals surface area contributed by atoms with Gasteiger partial charge in [-0.1, -0.05) is 45.8 Å². The first-order chi connectivity index (χ1) is 4.69. The van der Waals surface area contributed by atoms with E-state index in [0.29, 0.717) is 5.41 Å². The topological polar surface area (TPSA) is 0 Å². The quantitative estimate of drug-likeness (QED) is 0.524. The van der Waals surface area contributed by atoms with Crippen LogP contribution in [0.3, 0.4) is 0 Å². The van der Waals surface area contributed by atoms with Crippen LogP contribution in [0.5, 0.6) is 0 Å². The van der Waals surface area contributed by atoms with E-state index in [0.717, 1.165) is 5.92 Å². The van der Waals surface area contributed by atoms with Crippen LogP contribution in [0.15, 0.2) is 12.2 Å². The third kappa shape index (κ3) is 1.25. The molecule has 2 atom stereocenters. The number of allylic oxidation sites excluding steroid dienone is 2. The van der Waals surface area contributed by atoms with Crippen molar-refractivity contribution >= 4 is 0 Å². The van der Waals surface area contributed by atoms with Crippen LogP contribution < -0.4 is 0 Å². The predicted molar refractivity (Wildman–Crippen MR) is 45.9 cm³/mol. The summed E-state index contributed by atoms with van der Waals surface area (Å²) in [7, 11) is 0. The molecule has 0 heterocycles. The van der Waals surface area contributed by atoms with Gasteiger partial charge in [0.05, 0.1) is 0 Å². The molecule has 58 valence electrons. The van der Waals surface area contributed by atoms with E-state index in [4.69, 9.17) is 0 Å². The maximum absolute atomic E-state index is 2.37. The Morgan fingerprint density at radius 3 is 2.50 bits per heavy atom. The molecular formula is C10H18. The fourth-order valence-corrected chi connectivity index (χ4v) is 1.62. The van der Waals surface area contributed by atoms with Crippen molar-refractivity contribution in [3.8, 4) is 0 Å². The third-order valence-electron chi connectivity index (χ3n) is 2.90. The minimum Gasteiger partial charge on any atom is -0.0871 e. The monoisotopic (exact) mass is 138 g/mol. The lowest BCUT2D eigenvalue weighted by molar-refractivity contribution is 0.236. The second kappa shape index (κ2) is 2.77. The SMILES string of the molecule is CCCC(C)C1(C)C=CC1. The van der Waals surface area contributed by atoms with Crippen LogP contribution in [0, 0.1) is 11.3 Å². The molecule has 0 amide bonds. The number of hydrogen-bond acceptors (Lipinski definition) is 0. The highest BCUT2D eigenvalue weighted by atomic mass is 14.4. The molecule has 0 aliphatic heterocycles. The summed E-state index contributed by atoms with van der Waals surface area (Å²) in [5.41, 5.74) is 0.552. The molecule has 1 rings (SSSR count). The second-order valence-electron chi connectivity index (χ2n) is 3.80. The molecule has 0 bridgehead atoms. The summed E-state index contributed by atoms with van der Waals surface area (Å²) >= 11 is 0. The average molecular weight is 138 g/mol. The van der Waals surface area contributed by atoms with E-state index in [2.05, 4.69) is 32.9 Å². The minimum absolute atomic E-state index is 0.552. The molecule has 0 nitrogen and oxygen atoms in total. The van der Waals surface area contributed by atoms with Crippen LogP contribution in [0.2, 0.25) is 0 Å². The average Bonchev–Trinajstić information content (AvgIpc) is 1.83. The van der Waals surface area contributed by atoms with Crippen LogP contribution in [0.25, 0.3) is 0 Å². The molecule has 0 aromatic carbocycles. The fraction of sp³-hybridized carbons (Fsp3) is 0.800. The van der Waals surface area contributed by atoms with Crippen LogP contribution in [-0.2, 0) is 0 Å². The molecular weight excluding hydrogens is 120 g/mol. The van der Waals surface area contributed by atoms with Gasteiger partial charge in [-0.3, -0.25) is 0 Å². The highest BCUT2D eigenvalue weighted by Gasteiger charge is 2.30. The lowest BCUT2D eigenvalue weighted by Crippen LogP contribution is -2.27. The molecule has 10 heavy (non-hydrogen) atoms. The van der Waals surface area contributed by atoms with Crippen molar-refractivity contribution in [1.82, 2.24) is 0 Å². The molecule has 0 heteroatoms. The molecule has 0 aromatic heterocycles. The Morgan fingerprint density at radius 1 is 1.60 bits per heavy atom. The van der Waals surface area contributed by atoms with Crippen molar-refractivity contribution in [3.05, 3.63) is 12.2 Å². The zero-order valence-electron chi connectivity index (χ0n) is 7.35. The summed E-state index contributed by atoms with van der Waals surface area (Å²) < 4.78 is 0. The molecule has 2 unspecified atom stereocenters. The van der Waals surface area contributed by atoms with Crippen LogP contribution in [0.1, 0.15) is 40.0 Å². The Kier molecular flexibility index (Phi) is 2.18. The summed E-state index contributed by atoms with van der Waals surface area (Å²) in [4.78, 5) is 0. The van der Waals surface area contributed by atoms with Crippen molar-refractivity contribution in [2.45, 2.75) is 40.0 Å². The highest BCUT2D eigenvalue weighted by Crippen LogP contribution is 2.41. The first-order valence-corrected chi connectivity index (χ1v) is 4.37. The first-order valence-electron chi connectivity index (χ1n) is 4.37. The van der Waals surface area contributed by atoms with E-state index in [1.165, 1.54) is 19.3 Å². The van der Waals surface area contributed by atoms with Gasteiger partial charge in [0.25, 0.3) is 0 Å². The van der Waals surface area contributed by atoms with Gasteiger partial charge in [-0.15, -0.1) is 0 Å². The van der Waals surface area contributed by atoms with Gasteiger partial charge in [0.1, 0.15) is 0 Å². The van der Waals surface area contributed by atoms with Gasteiger partial charge in [0, 0.05) is 0 Å². The van der Waals surface area contributed by atoms with Crippen LogP contribution >= 0.6 is 0 Å². The zero-order valence-corrected chi connectivity index (χ0v) is 7.35. The van der Waals surface area contributed by atoms with Gasteiger partial charge in [-0.25, -0.2) is 0 Å². The van der Waals surface area contributed by atoms with Gasteiger partial charge in [0.2, 0.25) is 0 Å². The van der Waals surface area contributed by atoms with Crippen molar-refractivity contribution in [2.75, 3.05) is 0 Å². The van der Waals surface area contributed by atoms with Gasteiger partial charge < -0.3 is 0 Å². The van der Waals surface area contributed by atoms with E-state index in [1.54, 1.807) is 0 Å². The molecule has 0 saturated heterocycles. The molecule has 1 aliphatic carbocycles. The first kappa shape index (κ1) is 7.84. The molecule has 0 N–H and O–H groups in total. The van der Waals surface area contributed by atoms with Gasteiger partial charge in [-0.05, 0) is 17.8 Å². The molecule has 0 aromatic rings. The standard InChI is InChI=1S/C10H18/c1-4-6-9(2)10(3)7-5-8-10/h5,7,9H,4,6,8H2,1-3H3. The van der Waals surface area contributed by atoms with Crippen molar-refractivity contribution in [1.29, 1.82) is 0 Å². The fourth-order valence-electron chi connectivity index (χ4n) is 1.62. The molecule has 0 fully saturated rings. The maximum atomic E-state index is 2.37. The highest BCUT2D eigenvalue weighted by molar-refractivity contribution is 5.12. The Balaban J connectivity index is 2.40. The Hall–Kier alpha value is -0.260. The molecule has 1 aliphatic rings. The van der Waals surface area contributed by atoms with E-state index in [1.807, 2.05) is 0 Å². The van der Waals surface area contributed by atoms with Crippen molar-refractivity contribution < 1.29 is 0 Å². The van der Waals surface area contributed by atoms with Gasteiger partial charge in [0.15, 0.2) is 0 Å². The number of hydrogen-bond donors (Lipinski definition) is 0. The zero-order chi connectivity index (χ0) is 7.61. The van der Waals surface area contributed by atoms with Gasteiger partial charge in [-0.2, -0.15) is 0 Å². The summed E-state index contributed by atoms with van der Waals surface area (Å²) in [6.07, 6.45) is 8.65. The Labute approximate surface area is 64.3 Å². The normalized spacial score (nSPS) is 33.5. The minimum atomic E-state index is 0.552. The lowest BCUT2D eigenvalue weighted by atomic mass is 9.68. The molecule has 0 radical (unpaired) electrons. The van der Waals surface area contributed by atoms with Crippen molar-refractivity contribution in [3.63, 3.8) is 0 Å². The number of rotatable bonds is 3.